The molecule has 0 saturated carbocycles. The molecule has 0 unspecified atom stereocenters. The Balaban J connectivity index is 0.00000161. The van der Waals surface area contributed by atoms with Gasteiger partial charge in [0, 0.05) is 22.6 Å². The Kier molecular flexibility index (Phi) is 6.16. The first kappa shape index (κ1) is 16.4. The average Bonchev–Trinajstić information content (AvgIpc) is 2.51. The summed E-state index contributed by atoms with van der Waals surface area (Å²) in [5, 5.41) is 0.677. The first-order valence-electron chi connectivity index (χ1n) is 7.28. The summed E-state index contributed by atoms with van der Waals surface area (Å²) in [6, 6.07) is 21.8. The average molecular weight is 320 g/mol. The summed E-state index contributed by atoms with van der Waals surface area (Å²) in [5.74, 6) is 0.625. The minimum Gasteiger partial charge on any atom is -0.306 e. The van der Waals surface area contributed by atoms with E-state index in [0.717, 1.165) is 6.54 Å². The second-order valence-electron chi connectivity index (χ2n) is 5.54. The maximum absolute atomic E-state index is 2.46. The molecular formula is C18H22ClNS. The number of hydrogen-bond acceptors (Lipinski definition) is 2. The van der Waals surface area contributed by atoms with Gasteiger partial charge < -0.3 is 4.90 Å². The number of hydrogen-bond donors (Lipinski definition) is 0. The van der Waals surface area contributed by atoms with Crippen LogP contribution in [0.25, 0.3) is 0 Å². The molecule has 1 fully saturated rings. The quantitative estimate of drug-likeness (QED) is 0.807. The van der Waals surface area contributed by atoms with Gasteiger partial charge in [-0.05, 0) is 37.7 Å². The number of nitrogens with zero attached hydrogens (tertiary/aromatic N) is 1. The maximum Gasteiger partial charge on any atom is 0.0187 e. The lowest BCUT2D eigenvalue weighted by Crippen LogP contribution is -2.38. The van der Waals surface area contributed by atoms with E-state index < -0.39 is 0 Å². The third-order valence-electron chi connectivity index (χ3n) is 4.01. The fraction of sp³-hybridized carbons (Fsp3) is 0.333. The molecule has 3 heteroatoms. The van der Waals surface area contributed by atoms with Crippen LogP contribution in [0.15, 0.2) is 65.6 Å². The van der Waals surface area contributed by atoms with Gasteiger partial charge in [-0.1, -0.05) is 48.5 Å². The van der Waals surface area contributed by atoms with E-state index in [9.17, 15) is 0 Å². The number of thioether (sulfide) groups is 1. The van der Waals surface area contributed by atoms with E-state index in [2.05, 4.69) is 72.6 Å². The number of likely N-dealkylation sites (N-methyl/N-ethyl adjacent to an activating group) is 1. The SMILES string of the molecule is CN1CC[C@H](Sc2ccccc2)[C@@H](c2ccccc2)C1.Cl. The molecule has 1 nitrogen and oxygen atoms in total. The normalized spacial score (nSPS) is 22.5. The monoisotopic (exact) mass is 319 g/mol. The molecule has 0 bridgehead atoms. The highest BCUT2D eigenvalue weighted by Crippen LogP contribution is 2.38. The van der Waals surface area contributed by atoms with E-state index in [1.165, 1.54) is 23.4 Å². The van der Waals surface area contributed by atoms with Crippen LogP contribution in [0.1, 0.15) is 17.9 Å². The minimum absolute atomic E-state index is 0. The lowest BCUT2D eigenvalue weighted by Gasteiger charge is -2.36. The van der Waals surface area contributed by atoms with Gasteiger partial charge in [0.2, 0.25) is 0 Å². The molecule has 0 spiro atoms. The number of likely N-dealkylation sites (tertiary alicyclic amines) is 1. The Morgan fingerprint density at radius 1 is 0.952 bits per heavy atom. The predicted octanol–water partition coefficient (Wildman–Crippen LogP) is 4.69. The smallest absolute Gasteiger partial charge is 0.0187 e. The van der Waals surface area contributed by atoms with Crippen molar-refractivity contribution in [1.82, 2.24) is 4.90 Å². The Labute approximate surface area is 138 Å². The fourth-order valence-corrected chi connectivity index (χ4v) is 4.22. The van der Waals surface area contributed by atoms with Crippen molar-refractivity contribution in [2.45, 2.75) is 22.5 Å². The summed E-state index contributed by atoms with van der Waals surface area (Å²) < 4.78 is 0. The molecule has 3 rings (SSSR count). The Morgan fingerprint density at radius 2 is 1.57 bits per heavy atom. The van der Waals surface area contributed by atoms with Crippen LogP contribution in [0.4, 0.5) is 0 Å². The van der Waals surface area contributed by atoms with Crippen molar-refractivity contribution in [2.75, 3.05) is 20.1 Å². The molecule has 2 atom stereocenters. The van der Waals surface area contributed by atoms with Gasteiger partial charge in [0.05, 0.1) is 0 Å². The molecule has 2 aromatic rings. The zero-order valence-electron chi connectivity index (χ0n) is 12.3. The van der Waals surface area contributed by atoms with Crippen LogP contribution in [0.5, 0.6) is 0 Å². The van der Waals surface area contributed by atoms with Gasteiger partial charge in [0.15, 0.2) is 0 Å². The molecular weight excluding hydrogens is 298 g/mol. The van der Waals surface area contributed by atoms with Gasteiger partial charge in [-0.2, -0.15) is 0 Å². The summed E-state index contributed by atoms with van der Waals surface area (Å²) in [4.78, 5) is 3.85. The first-order chi connectivity index (χ1) is 9.83. The van der Waals surface area contributed by atoms with Crippen LogP contribution in [-0.4, -0.2) is 30.3 Å². The van der Waals surface area contributed by atoms with Gasteiger partial charge in [0.25, 0.3) is 0 Å². The largest absolute Gasteiger partial charge is 0.306 e. The lowest BCUT2D eigenvalue weighted by molar-refractivity contribution is 0.256. The summed E-state index contributed by atoms with van der Waals surface area (Å²) in [6.45, 7) is 2.36. The molecule has 0 amide bonds. The number of benzene rings is 2. The molecule has 0 aliphatic carbocycles. The van der Waals surface area contributed by atoms with E-state index in [1.807, 2.05) is 11.8 Å². The zero-order valence-corrected chi connectivity index (χ0v) is 13.9. The fourth-order valence-electron chi connectivity index (χ4n) is 2.93. The van der Waals surface area contributed by atoms with Crippen molar-refractivity contribution in [1.29, 1.82) is 0 Å². The van der Waals surface area contributed by atoms with Crippen molar-refractivity contribution in [3.8, 4) is 0 Å². The van der Waals surface area contributed by atoms with E-state index in [-0.39, 0.29) is 12.4 Å². The second kappa shape index (κ2) is 7.88. The van der Waals surface area contributed by atoms with Gasteiger partial charge in [0.1, 0.15) is 0 Å². The molecule has 0 radical (unpaired) electrons. The van der Waals surface area contributed by atoms with Crippen LogP contribution in [0, 0.1) is 0 Å². The maximum atomic E-state index is 2.46. The molecule has 1 aliphatic heterocycles. The highest BCUT2D eigenvalue weighted by Gasteiger charge is 2.29. The van der Waals surface area contributed by atoms with E-state index in [0.29, 0.717) is 11.2 Å². The third-order valence-corrected chi connectivity index (χ3v) is 5.42. The highest BCUT2D eigenvalue weighted by atomic mass is 35.5. The Bertz CT molecular complexity index is 531. The van der Waals surface area contributed by atoms with Gasteiger partial charge in [-0.25, -0.2) is 0 Å². The van der Waals surface area contributed by atoms with Crippen LogP contribution in [-0.2, 0) is 0 Å². The summed E-state index contributed by atoms with van der Waals surface area (Å²) in [6.07, 6.45) is 1.26. The summed E-state index contributed by atoms with van der Waals surface area (Å²) >= 11 is 2.04. The highest BCUT2D eigenvalue weighted by molar-refractivity contribution is 8.00. The summed E-state index contributed by atoms with van der Waals surface area (Å²) in [7, 11) is 2.24. The molecule has 1 heterocycles. The third kappa shape index (κ3) is 4.26. The van der Waals surface area contributed by atoms with Crippen molar-refractivity contribution < 1.29 is 0 Å². The van der Waals surface area contributed by atoms with Crippen LogP contribution in [0.2, 0.25) is 0 Å². The molecule has 112 valence electrons. The Morgan fingerprint density at radius 3 is 2.24 bits per heavy atom. The van der Waals surface area contributed by atoms with Crippen molar-refractivity contribution in [3.63, 3.8) is 0 Å². The standard InChI is InChI=1S/C18H21NS.ClH/c1-19-13-12-18(20-16-10-6-3-7-11-16)17(14-19)15-8-4-2-5-9-15;/h2-11,17-18H,12-14H2,1H3;1H/t17-,18+;/m1./s1. The number of halogens is 1. The molecule has 0 aromatic heterocycles. The molecule has 1 aliphatic rings. The van der Waals surface area contributed by atoms with Crippen molar-refractivity contribution >= 4 is 24.2 Å². The predicted molar refractivity (Wildman–Crippen MR) is 94.6 cm³/mol. The van der Waals surface area contributed by atoms with Crippen LogP contribution < -0.4 is 0 Å². The number of piperidine rings is 1. The van der Waals surface area contributed by atoms with Gasteiger partial charge >= 0.3 is 0 Å². The lowest BCUT2D eigenvalue weighted by atomic mass is 9.90. The van der Waals surface area contributed by atoms with Crippen LogP contribution in [0.3, 0.4) is 0 Å². The van der Waals surface area contributed by atoms with Gasteiger partial charge in [-0.3, -0.25) is 0 Å². The zero-order chi connectivity index (χ0) is 13.8. The topological polar surface area (TPSA) is 3.24 Å². The number of rotatable bonds is 3. The van der Waals surface area contributed by atoms with Crippen molar-refractivity contribution in [2.24, 2.45) is 0 Å². The van der Waals surface area contributed by atoms with E-state index in [1.54, 1.807) is 0 Å². The second-order valence-corrected chi connectivity index (χ2v) is 6.85. The first-order valence-corrected chi connectivity index (χ1v) is 8.16. The molecule has 0 N–H and O–H groups in total. The van der Waals surface area contributed by atoms with E-state index in [4.69, 9.17) is 0 Å². The van der Waals surface area contributed by atoms with E-state index >= 15 is 0 Å². The van der Waals surface area contributed by atoms with Crippen molar-refractivity contribution in [3.05, 3.63) is 66.2 Å². The molecule has 21 heavy (non-hydrogen) atoms. The summed E-state index contributed by atoms with van der Waals surface area (Å²) in [5.41, 5.74) is 1.48. The van der Waals surface area contributed by atoms with Gasteiger partial charge in [-0.15, -0.1) is 24.2 Å². The Hall–Kier alpha value is -0.960. The molecule has 1 saturated heterocycles. The molecule has 2 aromatic carbocycles. The minimum atomic E-state index is 0. The van der Waals surface area contributed by atoms with Crippen LogP contribution >= 0.6 is 24.2 Å².